The van der Waals surface area contributed by atoms with Crippen LogP contribution in [0.3, 0.4) is 0 Å². The second-order valence-corrected chi connectivity index (χ2v) is 6.27. The molecule has 1 aromatic heterocycles. The highest BCUT2D eigenvalue weighted by Gasteiger charge is 2.30. The number of carbonyl (C=O) groups excluding carboxylic acids is 1. The zero-order chi connectivity index (χ0) is 18.1. The molecule has 0 saturated carbocycles. The summed E-state index contributed by atoms with van der Waals surface area (Å²) in [5, 5.41) is 14.6. The summed E-state index contributed by atoms with van der Waals surface area (Å²) in [6, 6.07) is 14.6. The van der Waals surface area contributed by atoms with Crippen molar-refractivity contribution in [1.29, 1.82) is 0 Å². The number of benzene rings is 2. The summed E-state index contributed by atoms with van der Waals surface area (Å²) in [6.45, 7) is 0.987. The molecule has 132 valence electrons. The molecule has 0 aliphatic carbocycles. The van der Waals surface area contributed by atoms with E-state index in [1.807, 2.05) is 35.1 Å². The number of rotatable bonds is 3. The van der Waals surface area contributed by atoms with Gasteiger partial charge in [0.2, 0.25) is 0 Å². The van der Waals surface area contributed by atoms with Crippen molar-refractivity contribution in [3.63, 3.8) is 0 Å². The number of hydrogen-bond donors (Lipinski definition) is 1. The highest BCUT2D eigenvalue weighted by atomic mass is 16.5. The molecule has 0 saturated heterocycles. The minimum Gasteiger partial charge on any atom is -0.507 e. The summed E-state index contributed by atoms with van der Waals surface area (Å²) in [7, 11) is 1.52. The fraction of sp³-hybridized carbons (Fsp3) is 0.200. The fourth-order valence-electron chi connectivity index (χ4n) is 3.42. The van der Waals surface area contributed by atoms with Crippen molar-refractivity contribution in [3.05, 3.63) is 77.6 Å². The van der Waals surface area contributed by atoms with Crippen LogP contribution in [0.15, 0.2) is 60.9 Å². The predicted molar refractivity (Wildman–Crippen MR) is 96.2 cm³/mol. The Bertz CT molecular complexity index is 937. The zero-order valence-electron chi connectivity index (χ0n) is 14.4. The number of ether oxygens (including phenoxy) is 1. The van der Waals surface area contributed by atoms with Crippen molar-refractivity contribution >= 4 is 5.91 Å². The third-order valence-electron chi connectivity index (χ3n) is 4.74. The van der Waals surface area contributed by atoms with E-state index in [4.69, 9.17) is 4.74 Å². The lowest BCUT2D eigenvalue weighted by Gasteiger charge is -2.35. The lowest BCUT2D eigenvalue weighted by atomic mass is 9.95. The van der Waals surface area contributed by atoms with Gasteiger partial charge in [-0.25, -0.2) is 0 Å². The van der Waals surface area contributed by atoms with E-state index < -0.39 is 0 Å². The molecular weight excluding hydrogens is 330 g/mol. The van der Waals surface area contributed by atoms with Gasteiger partial charge in [0, 0.05) is 31.5 Å². The molecule has 1 N–H and O–H groups in total. The fourth-order valence-corrected chi connectivity index (χ4v) is 3.42. The number of aromatic nitrogens is 2. The molecule has 6 heteroatoms. The van der Waals surface area contributed by atoms with Gasteiger partial charge in [0.15, 0.2) is 0 Å². The van der Waals surface area contributed by atoms with Crippen LogP contribution in [0.1, 0.15) is 27.5 Å². The third kappa shape index (κ3) is 2.79. The van der Waals surface area contributed by atoms with Gasteiger partial charge < -0.3 is 14.7 Å². The van der Waals surface area contributed by atoms with Crippen molar-refractivity contribution in [1.82, 2.24) is 14.7 Å². The molecule has 6 nitrogen and oxygen atoms in total. The van der Waals surface area contributed by atoms with Crippen molar-refractivity contribution in [3.8, 4) is 11.5 Å². The van der Waals surface area contributed by atoms with E-state index in [9.17, 15) is 9.90 Å². The van der Waals surface area contributed by atoms with Crippen molar-refractivity contribution in [2.45, 2.75) is 12.6 Å². The molecule has 3 aromatic rings. The molecule has 0 radical (unpaired) electrons. The Morgan fingerprint density at radius 1 is 1.23 bits per heavy atom. The van der Waals surface area contributed by atoms with Crippen LogP contribution >= 0.6 is 0 Å². The first-order valence-corrected chi connectivity index (χ1v) is 8.40. The third-order valence-corrected chi connectivity index (χ3v) is 4.74. The van der Waals surface area contributed by atoms with Crippen LogP contribution in [-0.2, 0) is 6.54 Å². The minimum absolute atomic E-state index is 0.0562. The van der Waals surface area contributed by atoms with Gasteiger partial charge in [-0.2, -0.15) is 5.10 Å². The SMILES string of the molecule is COc1ccc(C(=O)N2Cc3ccccc3[C@H](n3cccn3)C2)c(O)c1. The number of carbonyl (C=O) groups is 1. The largest absolute Gasteiger partial charge is 0.507 e. The van der Waals surface area contributed by atoms with Gasteiger partial charge in [-0.1, -0.05) is 24.3 Å². The number of fused-ring (bicyclic) bond motifs is 1. The predicted octanol–water partition coefficient (Wildman–Crippen LogP) is 2.84. The Morgan fingerprint density at radius 2 is 2.08 bits per heavy atom. The average molecular weight is 349 g/mol. The van der Waals surface area contributed by atoms with Crippen molar-refractivity contribution < 1.29 is 14.6 Å². The number of nitrogens with zero attached hydrogens (tertiary/aromatic N) is 3. The van der Waals surface area contributed by atoms with E-state index >= 15 is 0 Å². The zero-order valence-corrected chi connectivity index (χ0v) is 14.4. The van der Waals surface area contributed by atoms with Crippen LogP contribution in [0, 0.1) is 0 Å². The van der Waals surface area contributed by atoms with Gasteiger partial charge in [0.1, 0.15) is 11.5 Å². The number of phenolic OH excluding ortho intramolecular Hbond substituents is 1. The molecule has 2 aromatic carbocycles. The normalized spacial score (nSPS) is 16.2. The first kappa shape index (κ1) is 16.2. The van der Waals surface area contributed by atoms with Crippen LogP contribution in [0.4, 0.5) is 0 Å². The number of phenols is 1. The molecule has 1 amide bonds. The maximum absolute atomic E-state index is 13.0. The lowest BCUT2D eigenvalue weighted by Crippen LogP contribution is -2.40. The van der Waals surface area contributed by atoms with Crippen LogP contribution in [0.25, 0.3) is 0 Å². The summed E-state index contributed by atoms with van der Waals surface area (Å²) < 4.78 is 6.96. The standard InChI is InChI=1S/C20H19N3O3/c1-26-15-7-8-17(19(24)11-15)20(25)22-12-14-5-2-3-6-16(14)18(13-22)23-10-4-9-21-23/h2-11,18,24H,12-13H2,1H3/t18-/m1/s1. The van der Waals surface area contributed by atoms with E-state index in [0.29, 0.717) is 18.8 Å². The first-order valence-electron chi connectivity index (χ1n) is 8.40. The molecule has 1 atom stereocenters. The molecule has 0 bridgehead atoms. The monoisotopic (exact) mass is 349 g/mol. The number of hydrogen-bond acceptors (Lipinski definition) is 4. The Hall–Kier alpha value is -3.28. The summed E-state index contributed by atoms with van der Waals surface area (Å²) in [5.41, 5.74) is 2.52. The van der Waals surface area contributed by atoms with Gasteiger partial charge in [-0.15, -0.1) is 0 Å². The Labute approximate surface area is 151 Å². The molecular formula is C20H19N3O3. The second kappa shape index (κ2) is 6.55. The lowest BCUT2D eigenvalue weighted by molar-refractivity contribution is 0.0703. The van der Waals surface area contributed by atoms with E-state index in [2.05, 4.69) is 11.2 Å². The Balaban J connectivity index is 1.69. The maximum Gasteiger partial charge on any atom is 0.257 e. The molecule has 0 unspecified atom stereocenters. The van der Waals surface area contributed by atoms with Crippen LogP contribution in [-0.4, -0.2) is 39.3 Å². The van der Waals surface area contributed by atoms with Crippen LogP contribution in [0.5, 0.6) is 11.5 Å². The van der Waals surface area contributed by atoms with E-state index in [1.165, 1.54) is 18.7 Å². The maximum atomic E-state index is 13.0. The van der Waals surface area contributed by atoms with Crippen molar-refractivity contribution in [2.24, 2.45) is 0 Å². The minimum atomic E-state index is -0.211. The summed E-state index contributed by atoms with van der Waals surface area (Å²) in [5.74, 6) is 0.220. The molecule has 1 aliphatic heterocycles. The Kier molecular flexibility index (Phi) is 4.08. The molecule has 26 heavy (non-hydrogen) atoms. The van der Waals surface area contributed by atoms with E-state index in [1.54, 1.807) is 23.2 Å². The van der Waals surface area contributed by atoms with E-state index in [0.717, 1.165) is 5.56 Å². The van der Waals surface area contributed by atoms with E-state index in [-0.39, 0.29) is 23.3 Å². The quantitative estimate of drug-likeness (QED) is 0.789. The number of aromatic hydroxyl groups is 1. The molecule has 0 fully saturated rings. The molecule has 0 spiro atoms. The smallest absolute Gasteiger partial charge is 0.257 e. The van der Waals surface area contributed by atoms with Gasteiger partial charge in [0.25, 0.3) is 5.91 Å². The first-order chi connectivity index (χ1) is 12.7. The Morgan fingerprint density at radius 3 is 2.81 bits per heavy atom. The molecule has 4 rings (SSSR count). The van der Waals surface area contributed by atoms with Gasteiger partial charge in [-0.05, 0) is 29.3 Å². The average Bonchev–Trinajstić information content (AvgIpc) is 3.21. The second-order valence-electron chi connectivity index (χ2n) is 6.27. The highest BCUT2D eigenvalue weighted by molar-refractivity contribution is 5.97. The van der Waals surface area contributed by atoms with Gasteiger partial charge >= 0.3 is 0 Å². The summed E-state index contributed by atoms with van der Waals surface area (Å²) >= 11 is 0. The highest BCUT2D eigenvalue weighted by Crippen LogP contribution is 2.32. The van der Waals surface area contributed by atoms with Gasteiger partial charge in [-0.3, -0.25) is 9.48 Å². The van der Waals surface area contributed by atoms with Gasteiger partial charge in [0.05, 0.1) is 18.7 Å². The topological polar surface area (TPSA) is 67.6 Å². The van der Waals surface area contributed by atoms with Crippen LogP contribution < -0.4 is 4.74 Å². The molecule has 2 heterocycles. The van der Waals surface area contributed by atoms with Crippen molar-refractivity contribution in [2.75, 3.05) is 13.7 Å². The number of amides is 1. The number of methoxy groups -OCH3 is 1. The summed E-state index contributed by atoms with van der Waals surface area (Å²) in [4.78, 5) is 14.8. The van der Waals surface area contributed by atoms with Crippen LogP contribution in [0.2, 0.25) is 0 Å². The summed E-state index contributed by atoms with van der Waals surface area (Å²) in [6.07, 6.45) is 3.64. The molecule has 1 aliphatic rings.